The van der Waals surface area contributed by atoms with Gasteiger partial charge in [-0.2, -0.15) is 0 Å². The van der Waals surface area contributed by atoms with Crippen LogP contribution in [0.4, 0.5) is 5.69 Å². The fourth-order valence-electron chi connectivity index (χ4n) is 3.15. The van der Waals surface area contributed by atoms with Crippen LogP contribution in [0.5, 0.6) is 5.75 Å². The monoisotopic (exact) mass is 356 g/mol. The van der Waals surface area contributed by atoms with E-state index < -0.39 is 5.60 Å². The lowest BCUT2D eigenvalue weighted by Gasteiger charge is -2.29. The Morgan fingerprint density at radius 3 is 2.69 bits per heavy atom. The Labute approximate surface area is 155 Å². The van der Waals surface area contributed by atoms with E-state index in [0.29, 0.717) is 19.1 Å². The molecule has 1 fully saturated rings. The number of anilines is 1. The maximum absolute atomic E-state index is 13.0. The van der Waals surface area contributed by atoms with Gasteiger partial charge in [0.15, 0.2) is 0 Å². The molecule has 1 aromatic heterocycles. The molecule has 26 heavy (non-hydrogen) atoms. The molecule has 0 spiro atoms. The molecule has 0 radical (unpaired) electrons. The number of aromatic nitrogens is 1. The smallest absolute Gasteiger partial charge is 0.256 e. The molecule has 1 aliphatic rings. The summed E-state index contributed by atoms with van der Waals surface area (Å²) in [5.41, 5.74) is 0.734. The van der Waals surface area contributed by atoms with Crippen molar-refractivity contribution in [2.45, 2.75) is 52.1 Å². The SMILES string of the molecule is CCCOc1ccc(NC(=O)[C@@](C)(OCCC)C2CC2)c2cccnc12. The highest BCUT2D eigenvalue weighted by Crippen LogP contribution is 2.43. The van der Waals surface area contributed by atoms with Crippen molar-refractivity contribution in [1.29, 1.82) is 0 Å². The topological polar surface area (TPSA) is 60.5 Å². The number of benzene rings is 1. The minimum absolute atomic E-state index is 0.0826. The van der Waals surface area contributed by atoms with E-state index in [4.69, 9.17) is 9.47 Å². The molecule has 1 amide bonds. The lowest BCUT2D eigenvalue weighted by Crippen LogP contribution is -2.45. The molecule has 140 valence electrons. The number of carbonyl (C=O) groups is 1. The second-order valence-electron chi connectivity index (χ2n) is 7.04. The van der Waals surface area contributed by atoms with Crippen LogP contribution in [-0.4, -0.2) is 29.7 Å². The molecule has 5 heteroatoms. The van der Waals surface area contributed by atoms with Crippen LogP contribution in [0.25, 0.3) is 10.9 Å². The molecule has 1 atom stereocenters. The minimum Gasteiger partial charge on any atom is -0.491 e. The summed E-state index contributed by atoms with van der Waals surface area (Å²) in [6, 6.07) is 7.59. The molecule has 1 aromatic carbocycles. The third-order valence-electron chi connectivity index (χ3n) is 4.86. The summed E-state index contributed by atoms with van der Waals surface area (Å²) in [6.07, 6.45) is 5.65. The third-order valence-corrected chi connectivity index (χ3v) is 4.86. The molecular formula is C21H28N2O3. The van der Waals surface area contributed by atoms with E-state index in [-0.39, 0.29) is 5.91 Å². The van der Waals surface area contributed by atoms with Crippen LogP contribution in [0, 0.1) is 5.92 Å². The van der Waals surface area contributed by atoms with Crippen LogP contribution in [0.1, 0.15) is 46.5 Å². The van der Waals surface area contributed by atoms with Crippen LogP contribution in [0.3, 0.4) is 0 Å². The van der Waals surface area contributed by atoms with Crippen LogP contribution in [-0.2, 0) is 9.53 Å². The zero-order valence-corrected chi connectivity index (χ0v) is 15.9. The number of rotatable bonds is 9. The van der Waals surface area contributed by atoms with Crippen molar-refractivity contribution < 1.29 is 14.3 Å². The number of nitrogens with one attached hydrogen (secondary N) is 1. The summed E-state index contributed by atoms with van der Waals surface area (Å²) in [7, 11) is 0. The third kappa shape index (κ3) is 3.83. The first-order chi connectivity index (χ1) is 12.6. The summed E-state index contributed by atoms with van der Waals surface area (Å²) < 4.78 is 11.8. The van der Waals surface area contributed by atoms with E-state index in [0.717, 1.165) is 48.0 Å². The van der Waals surface area contributed by atoms with Gasteiger partial charge in [-0.1, -0.05) is 13.8 Å². The summed E-state index contributed by atoms with van der Waals surface area (Å²) in [4.78, 5) is 17.5. The van der Waals surface area contributed by atoms with Crippen LogP contribution >= 0.6 is 0 Å². The number of carbonyl (C=O) groups excluding carboxylic acids is 1. The number of nitrogens with zero attached hydrogens (tertiary/aromatic N) is 1. The summed E-state index contributed by atoms with van der Waals surface area (Å²) in [5, 5.41) is 3.96. The second-order valence-corrected chi connectivity index (χ2v) is 7.04. The lowest BCUT2D eigenvalue weighted by molar-refractivity contribution is -0.142. The highest BCUT2D eigenvalue weighted by molar-refractivity contribution is 6.05. The number of hydrogen-bond donors (Lipinski definition) is 1. The van der Waals surface area contributed by atoms with Crippen LogP contribution in [0.2, 0.25) is 0 Å². The van der Waals surface area contributed by atoms with E-state index in [1.165, 1.54) is 0 Å². The lowest BCUT2D eigenvalue weighted by atomic mass is 9.98. The van der Waals surface area contributed by atoms with Crippen molar-refractivity contribution in [3.05, 3.63) is 30.5 Å². The van der Waals surface area contributed by atoms with Gasteiger partial charge in [0.25, 0.3) is 5.91 Å². The number of hydrogen-bond acceptors (Lipinski definition) is 4. The Hall–Kier alpha value is -2.14. The quantitative estimate of drug-likeness (QED) is 0.716. The van der Waals surface area contributed by atoms with Crippen molar-refractivity contribution in [3.8, 4) is 5.75 Å². The number of amides is 1. The van der Waals surface area contributed by atoms with Crippen LogP contribution in [0.15, 0.2) is 30.5 Å². The predicted octanol–water partition coefficient (Wildman–Crippen LogP) is 4.56. The fourth-order valence-corrected chi connectivity index (χ4v) is 3.15. The van der Waals surface area contributed by atoms with Gasteiger partial charge in [-0.15, -0.1) is 0 Å². The fraction of sp³-hybridized carbons (Fsp3) is 0.524. The predicted molar refractivity (Wildman–Crippen MR) is 104 cm³/mol. The van der Waals surface area contributed by atoms with Crippen molar-refractivity contribution in [1.82, 2.24) is 4.98 Å². The Morgan fingerprint density at radius 2 is 2.00 bits per heavy atom. The van der Waals surface area contributed by atoms with Gasteiger partial charge in [0.2, 0.25) is 0 Å². The van der Waals surface area contributed by atoms with Gasteiger partial charge < -0.3 is 14.8 Å². The number of fused-ring (bicyclic) bond motifs is 1. The Morgan fingerprint density at radius 1 is 1.23 bits per heavy atom. The molecule has 5 nitrogen and oxygen atoms in total. The van der Waals surface area contributed by atoms with Crippen molar-refractivity contribution in [2.24, 2.45) is 5.92 Å². The summed E-state index contributed by atoms with van der Waals surface area (Å²) in [5.74, 6) is 0.957. The van der Waals surface area contributed by atoms with Crippen molar-refractivity contribution >= 4 is 22.5 Å². The molecular weight excluding hydrogens is 328 g/mol. The van der Waals surface area contributed by atoms with E-state index >= 15 is 0 Å². The van der Waals surface area contributed by atoms with Crippen molar-refractivity contribution in [3.63, 3.8) is 0 Å². The molecule has 1 aliphatic carbocycles. The maximum atomic E-state index is 13.0. The minimum atomic E-state index is -0.776. The molecule has 0 aliphatic heterocycles. The molecule has 1 N–H and O–H groups in total. The van der Waals surface area contributed by atoms with Gasteiger partial charge >= 0.3 is 0 Å². The van der Waals surface area contributed by atoms with Gasteiger partial charge in [-0.3, -0.25) is 9.78 Å². The largest absolute Gasteiger partial charge is 0.491 e. The molecule has 1 saturated carbocycles. The van der Waals surface area contributed by atoms with Gasteiger partial charge in [-0.05, 0) is 62.8 Å². The number of pyridine rings is 1. The Balaban J connectivity index is 1.87. The summed E-state index contributed by atoms with van der Waals surface area (Å²) in [6.45, 7) is 7.27. The Kier molecular flexibility index (Phi) is 5.77. The van der Waals surface area contributed by atoms with E-state index in [9.17, 15) is 4.79 Å². The number of ether oxygens (including phenoxy) is 2. The van der Waals surface area contributed by atoms with E-state index in [2.05, 4.69) is 24.1 Å². The zero-order chi connectivity index (χ0) is 18.6. The van der Waals surface area contributed by atoms with Crippen LogP contribution < -0.4 is 10.1 Å². The molecule has 0 unspecified atom stereocenters. The first-order valence-corrected chi connectivity index (χ1v) is 9.56. The second kappa shape index (κ2) is 8.04. The zero-order valence-electron chi connectivity index (χ0n) is 15.9. The molecule has 0 bridgehead atoms. The molecule has 2 aromatic rings. The Bertz CT molecular complexity index is 773. The standard InChI is InChI=1S/C21H28N2O3/c1-4-13-25-18-11-10-17(16-7-6-12-22-19(16)18)23-20(24)21(3,15-8-9-15)26-14-5-2/h6-7,10-12,15H,4-5,8-9,13-14H2,1-3H3,(H,23,24)/t21-/m0/s1. The van der Waals surface area contributed by atoms with Gasteiger partial charge in [-0.25, -0.2) is 0 Å². The highest BCUT2D eigenvalue weighted by Gasteiger charge is 2.48. The highest BCUT2D eigenvalue weighted by atomic mass is 16.5. The first kappa shape index (κ1) is 18.6. The molecule has 3 rings (SSSR count). The average molecular weight is 356 g/mol. The van der Waals surface area contributed by atoms with Gasteiger partial charge in [0.1, 0.15) is 16.9 Å². The van der Waals surface area contributed by atoms with Crippen molar-refractivity contribution in [2.75, 3.05) is 18.5 Å². The average Bonchev–Trinajstić information content (AvgIpc) is 3.51. The van der Waals surface area contributed by atoms with Gasteiger partial charge in [0.05, 0.1) is 12.3 Å². The first-order valence-electron chi connectivity index (χ1n) is 9.56. The normalized spacial score (nSPS) is 16.3. The van der Waals surface area contributed by atoms with E-state index in [1.54, 1.807) is 6.20 Å². The molecule has 1 heterocycles. The maximum Gasteiger partial charge on any atom is 0.256 e. The summed E-state index contributed by atoms with van der Waals surface area (Å²) >= 11 is 0. The molecule has 0 saturated heterocycles. The van der Waals surface area contributed by atoms with E-state index in [1.807, 2.05) is 31.2 Å². The van der Waals surface area contributed by atoms with Gasteiger partial charge in [0, 0.05) is 18.2 Å².